The van der Waals surface area contributed by atoms with Crippen LogP contribution in [0.5, 0.6) is 0 Å². The molecule has 2 rings (SSSR count). The molecule has 0 bridgehead atoms. The monoisotopic (exact) mass is 254 g/mol. The summed E-state index contributed by atoms with van der Waals surface area (Å²) in [5, 5.41) is 6.33. The van der Waals surface area contributed by atoms with Crippen LogP contribution in [0, 0.1) is 13.8 Å². The van der Waals surface area contributed by atoms with E-state index in [1.165, 1.54) is 0 Å². The minimum Gasteiger partial charge on any atom is -0.379 e. The topological polar surface area (TPSA) is 58.2 Å². The number of hydrogen-bond donors (Lipinski definition) is 2. The molecule has 1 aliphatic rings. The van der Waals surface area contributed by atoms with Gasteiger partial charge >= 0.3 is 0 Å². The van der Waals surface area contributed by atoms with E-state index in [-0.39, 0.29) is 11.8 Å². The lowest BCUT2D eigenvalue weighted by atomic mass is 10.1. The quantitative estimate of drug-likeness (QED) is 0.829. The van der Waals surface area contributed by atoms with E-state index in [0.717, 1.165) is 16.8 Å². The standard InChI is InChI=1S/C12H18N2O2S/c1-8-4-5-11-12(9(8)2)14-10(6-13-3)7-17(11,15)16/h4-5,10,13-14H,6-7H2,1-3H3. The number of likely N-dealkylation sites (N-methyl/N-ethyl adjacent to an activating group) is 1. The number of sulfone groups is 1. The van der Waals surface area contributed by atoms with Crippen LogP contribution in [0.2, 0.25) is 0 Å². The van der Waals surface area contributed by atoms with Crippen molar-refractivity contribution in [3.8, 4) is 0 Å². The van der Waals surface area contributed by atoms with Gasteiger partial charge in [-0.05, 0) is 38.1 Å². The highest BCUT2D eigenvalue weighted by atomic mass is 32.2. The van der Waals surface area contributed by atoms with Crippen molar-refractivity contribution in [1.82, 2.24) is 5.32 Å². The summed E-state index contributed by atoms with van der Waals surface area (Å²) in [7, 11) is -1.33. The average molecular weight is 254 g/mol. The van der Waals surface area contributed by atoms with Crippen molar-refractivity contribution < 1.29 is 8.42 Å². The first-order valence-corrected chi connectivity index (χ1v) is 7.35. The van der Waals surface area contributed by atoms with Crippen LogP contribution in [0.1, 0.15) is 11.1 Å². The van der Waals surface area contributed by atoms with E-state index in [4.69, 9.17) is 0 Å². The molecule has 0 amide bonds. The molecule has 1 unspecified atom stereocenters. The zero-order chi connectivity index (χ0) is 12.6. The molecule has 4 nitrogen and oxygen atoms in total. The molecule has 0 fully saturated rings. The predicted octanol–water partition coefficient (Wildman–Crippen LogP) is 1.09. The van der Waals surface area contributed by atoms with E-state index in [9.17, 15) is 8.42 Å². The molecule has 0 saturated heterocycles. The Labute approximate surface area is 102 Å². The van der Waals surface area contributed by atoms with Crippen LogP contribution >= 0.6 is 0 Å². The van der Waals surface area contributed by atoms with E-state index in [1.807, 2.05) is 27.0 Å². The van der Waals surface area contributed by atoms with Crippen LogP contribution in [-0.2, 0) is 9.84 Å². The Kier molecular flexibility index (Phi) is 3.14. The average Bonchev–Trinajstić information content (AvgIpc) is 2.23. The number of hydrogen-bond acceptors (Lipinski definition) is 4. The molecule has 0 aromatic heterocycles. The van der Waals surface area contributed by atoms with Crippen LogP contribution < -0.4 is 10.6 Å². The zero-order valence-corrected chi connectivity index (χ0v) is 11.2. The molecule has 0 radical (unpaired) electrons. The van der Waals surface area contributed by atoms with Gasteiger partial charge in [-0.1, -0.05) is 6.07 Å². The largest absolute Gasteiger partial charge is 0.379 e. The Morgan fingerprint density at radius 3 is 2.76 bits per heavy atom. The molecule has 17 heavy (non-hydrogen) atoms. The zero-order valence-electron chi connectivity index (χ0n) is 10.4. The number of fused-ring (bicyclic) bond motifs is 1. The fourth-order valence-electron chi connectivity index (χ4n) is 2.19. The second kappa shape index (κ2) is 4.31. The molecule has 1 aromatic rings. The van der Waals surface area contributed by atoms with Gasteiger partial charge in [0.15, 0.2) is 9.84 Å². The number of nitrogens with one attached hydrogen (secondary N) is 2. The number of benzene rings is 1. The Morgan fingerprint density at radius 1 is 1.41 bits per heavy atom. The first kappa shape index (κ1) is 12.4. The smallest absolute Gasteiger partial charge is 0.182 e. The molecule has 1 aliphatic heterocycles. The first-order chi connectivity index (χ1) is 7.95. The Hall–Kier alpha value is -1.07. The molecule has 5 heteroatoms. The fourth-order valence-corrected chi connectivity index (χ4v) is 3.90. The molecule has 94 valence electrons. The summed E-state index contributed by atoms with van der Waals surface area (Å²) in [6.07, 6.45) is 0. The van der Waals surface area contributed by atoms with Gasteiger partial charge in [0.05, 0.1) is 22.4 Å². The van der Waals surface area contributed by atoms with E-state index < -0.39 is 9.84 Å². The second-order valence-electron chi connectivity index (χ2n) is 4.56. The van der Waals surface area contributed by atoms with Gasteiger partial charge in [-0.2, -0.15) is 0 Å². The summed E-state index contributed by atoms with van der Waals surface area (Å²) < 4.78 is 24.3. The molecule has 0 aliphatic carbocycles. The molecule has 1 atom stereocenters. The predicted molar refractivity (Wildman–Crippen MR) is 69.3 cm³/mol. The van der Waals surface area contributed by atoms with Crippen LogP contribution in [0.25, 0.3) is 0 Å². The summed E-state index contributed by atoms with van der Waals surface area (Å²) in [5.74, 6) is 0.156. The molecule has 1 aromatic carbocycles. The van der Waals surface area contributed by atoms with Gasteiger partial charge in [-0.25, -0.2) is 8.42 Å². The lowest BCUT2D eigenvalue weighted by Crippen LogP contribution is -2.41. The van der Waals surface area contributed by atoms with E-state index in [0.29, 0.717) is 11.4 Å². The van der Waals surface area contributed by atoms with Crippen molar-refractivity contribution in [2.45, 2.75) is 24.8 Å². The maximum atomic E-state index is 12.2. The Bertz CT molecular complexity index is 538. The van der Waals surface area contributed by atoms with Gasteiger partial charge in [-0.15, -0.1) is 0 Å². The summed E-state index contributed by atoms with van der Waals surface area (Å²) in [4.78, 5) is 0.438. The lowest BCUT2D eigenvalue weighted by Gasteiger charge is -2.28. The van der Waals surface area contributed by atoms with Crippen LogP contribution in [0.3, 0.4) is 0 Å². The fraction of sp³-hybridized carbons (Fsp3) is 0.500. The van der Waals surface area contributed by atoms with Crippen molar-refractivity contribution in [3.63, 3.8) is 0 Å². The normalized spacial score (nSPS) is 21.7. The molecule has 0 spiro atoms. The van der Waals surface area contributed by atoms with Crippen molar-refractivity contribution in [3.05, 3.63) is 23.3 Å². The highest BCUT2D eigenvalue weighted by Gasteiger charge is 2.30. The van der Waals surface area contributed by atoms with Gasteiger partial charge in [0.25, 0.3) is 0 Å². The van der Waals surface area contributed by atoms with Crippen LogP contribution in [0.15, 0.2) is 17.0 Å². The van der Waals surface area contributed by atoms with Gasteiger partial charge in [0.2, 0.25) is 0 Å². The minimum atomic E-state index is -3.16. The highest BCUT2D eigenvalue weighted by Crippen LogP contribution is 2.32. The van der Waals surface area contributed by atoms with Crippen molar-refractivity contribution >= 4 is 15.5 Å². The van der Waals surface area contributed by atoms with E-state index >= 15 is 0 Å². The van der Waals surface area contributed by atoms with Gasteiger partial charge in [-0.3, -0.25) is 0 Å². The third-order valence-corrected chi connectivity index (χ3v) is 5.10. The Balaban J connectivity index is 2.53. The van der Waals surface area contributed by atoms with Crippen molar-refractivity contribution in [2.24, 2.45) is 0 Å². The van der Waals surface area contributed by atoms with Gasteiger partial charge < -0.3 is 10.6 Å². The molecule has 1 heterocycles. The SMILES string of the molecule is CNCC1CS(=O)(=O)c2ccc(C)c(C)c2N1. The number of anilines is 1. The van der Waals surface area contributed by atoms with E-state index in [2.05, 4.69) is 10.6 Å². The highest BCUT2D eigenvalue weighted by molar-refractivity contribution is 7.91. The van der Waals surface area contributed by atoms with Crippen molar-refractivity contribution in [1.29, 1.82) is 0 Å². The minimum absolute atomic E-state index is 0.0574. The second-order valence-corrected chi connectivity index (χ2v) is 6.56. The van der Waals surface area contributed by atoms with Gasteiger partial charge in [0.1, 0.15) is 0 Å². The lowest BCUT2D eigenvalue weighted by molar-refractivity contribution is 0.580. The summed E-state index contributed by atoms with van der Waals surface area (Å²) >= 11 is 0. The third-order valence-electron chi connectivity index (χ3n) is 3.25. The summed E-state index contributed by atoms with van der Waals surface area (Å²) in [6.45, 7) is 4.59. The summed E-state index contributed by atoms with van der Waals surface area (Å²) in [5.41, 5.74) is 2.90. The third kappa shape index (κ3) is 2.17. The molecule has 2 N–H and O–H groups in total. The van der Waals surface area contributed by atoms with Crippen LogP contribution in [-0.4, -0.2) is 33.8 Å². The number of aryl methyl sites for hydroxylation is 1. The molecule has 0 saturated carbocycles. The Morgan fingerprint density at radius 2 is 2.12 bits per heavy atom. The maximum Gasteiger partial charge on any atom is 0.182 e. The first-order valence-electron chi connectivity index (χ1n) is 5.70. The van der Waals surface area contributed by atoms with E-state index in [1.54, 1.807) is 6.07 Å². The molecular formula is C12H18N2O2S. The summed E-state index contributed by atoms with van der Waals surface area (Å²) in [6, 6.07) is 3.51. The maximum absolute atomic E-state index is 12.2. The van der Waals surface area contributed by atoms with Crippen LogP contribution in [0.4, 0.5) is 5.69 Å². The van der Waals surface area contributed by atoms with Crippen molar-refractivity contribution in [2.75, 3.05) is 24.7 Å². The molecular weight excluding hydrogens is 236 g/mol. The van der Waals surface area contributed by atoms with Gasteiger partial charge in [0, 0.05) is 6.54 Å². The number of rotatable bonds is 2.